The smallest absolute Gasteiger partial charge is 0.341 e. The van der Waals surface area contributed by atoms with E-state index >= 15 is 0 Å². The van der Waals surface area contributed by atoms with Crippen LogP contribution in [0.2, 0.25) is 0 Å². The van der Waals surface area contributed by atoms with E-state index in [-0.39, 0.29) is 18.0 Å². The molecule has 0 N–H and O–H groups in total. The van der Waals surface area contributed by atoms with Gasteiger partial charge in [0.05, 0.1) is 17.9 Å². The van der Waals surface area contributed by atoms with Crippen molar-refractivity contribution in [3.63, 3.8) is 0 Å². The van der Waals surface area contributed by atoms with Crippen LogP contribution in [0, 0.1) is 5.92 Å². The fourth-order valence-electron chi connectivity index (χ4n) is 1.89. The average molecular weight is 266 g/mol. The molecule has 0 aliphatic heterocycles. The predicted octanol–water partition coefficient (Wildman–Crippen LogP) is 2.56. The highest BCUT2D eigenvalue weighted by Gasteiger charge is 2.21. The van der Waals surface area contributed by atoms with Crippen LogP contribution < -0.4 is 0 Å². The summed E-state index contributed by atoms with van der Waals surface area (Å²) in [6.45, 7) is 8.16. The van der Waals surface area contributed by atoms with E-state index < -0.39 is 0 Å². The molecule has 1 heterocycles. The third-order valence-corrected chi connectivity index (χ3v) is 2.83. The normalized spacial score (nSPS) is 12.5. The minimum Gasteiger partial charge on any atom is -0.462 e. The number of nitrogens with zero attached hydrogens (tertiary/aromatic N) is 2. The second-order valence-corrected chi connectivity index (χ2v) is 4.56. The van der Waals surface area contributed by atoms with Crippen LogP contribution in [0.4, 0.5) is 0 Å². The molecule has 1 atom stereocenters. The molecule has 1 rings (SSSR count). The van der Waals surface area contributed by atoms with Crippen LogP contribution in [-0.2, 0) is 15.9 Å². The zero-order valence-electron chi connectivity index (χ0n) is 12.3. The Hall–Kier alpha value is -1.49. The number of aryl methyl sites for hydroxylation is 1. The van der Waals surface area contributed by atoms with Crippen LogP contribution in [0.15, 0.2) is 6.20 Å². The minimum atomic E-state index is -0.371. The molecular weight excluding hydrogens is 244 g/mol. The largest absolute Gasteiger partial charge is 0.462 e. The molecule has 0 bridgehead atoms. The quantitative estimate of drug-likeness (QED) is 0.740. The number of hydrogen-bond acceptors (Lipinski definition) is 5. The van der Waals surface area contributed by atoms with Crippen LogP contribution in [0.25, 0.3) is 0 Å². The van der Waals surface area contributed by atoms with Gasteiger partial charge in [-0.3, -0.25) is 0 Å². The third-order valence-electron chi connectivity index (χ3n) is 2.83. The molecule has 0 aliphatic carbocycles. The van der Waals surface area contributed by atoms with Crippen molar-refractivity contribution in [2.75, 3.05) is 13.7 Å². The van der Waals surface area contributed by atoms with E-state index in [9.17, 15) is 4.79 Å². The summed E-state index contributed by atoms with van der Waals surface area (Å²) in [5.41, 5.74) is 1.14. The molecule has 1 unspecified atom stereocenters. The Morgan fingerprint density at radius 2 is 2.05 bits per heavy atom. The molecular formula is C14H22N2O3. The van der Waals surface area contributed by atoms with Gasteiger partial charge in [0.1, 0.15) is 6.10 Å². The van der Waals surface area contributed by atoms with Crippen molar-refractivity contribution in [1.82, 2.24) is 9.97 Å². The zero-order chi connectivity index (χ0) is 14.4. The first-order valence-corrected chi connectivity index (χ1v) is 6.60. The van der Waals surface area contributed by atoms with Crippen LogP contribution in [0.3, 0.4) is 0 Å². The molecule has 5 nitrogen and oxygen atoms in total. The highest BCUT2D eigenvalue weighted by molar-refractivity contribution is 5.90. The van der Waals surface area contributed by atoms with Crippen molar-refractivity contribution in [3.05, 3.63) is 23.3 Å². The Morgan fingerprint density at radius 3 is 2.53 bits per heavy atom. The number of methoxy groups -OCH3 is 1. The van der Waals surface area contributed by atoms with Gasteiger partial charge in [0, 0.05) is 13.3 Å². The Bertz CT molecular complexity index is 433. The number of rotatable bonds is 6. The number of carbonyl (C=O) groups excluding carboxylic acids is 1. The highest BCUT2D eigenvalue weighted by atomic mass is 16.5. The van der Waals surface area contributed by atoms with Gasteiger partial charge in [-0.05, 0) is 19.3 Å². The molecule has 0 radical (unpaired) electrons. The summed E-state index contributed by atoms with van der Waals surface area (Å²) in [6.07, 6.45) is 2.02. The standard InChI is InChI=1S/C14H22N2O3/c1-6-11-10(14(17)19-7-2)8-15-13(16-11)12(18-5)9(3)4/h8-9,12H,6-7H2,1-5H3. The van der Waals surface area contributed by atoms with Gasteiger partial charge in [0.15, 0.2) is 5.82 Å². The SMILES string of the molecule is CCOC(=O)c1cnc(C(OC)C(C)C)nc1CC. The molecule has 0 amide bonds. The molecule has 5 heteroatoms. The minimum absolute atomic E-state index is 0.165. The monoisotopic (exact) mass is 266 g/mol. The van der Waals surface area contributed by atoms with E-state index in [2.05, 4.69) is 9.97 Å². The summed E-state index contributed by atoms with van der Waals surface area (Å²) >= 11 is 0. The van der Waals surface area contributed by atoms with Crippen LogP contribution >= 0.6 is 0 Å². The lowest BCUT2D eigenvalue weighted by molar-refractivity contribution is 0.0515. The first-order valence-electron chi connectivity index (χ1n) is 6.60. The Kier molecular flexibility index (Phi) is 5.89. The zero-order valence-corrected chi connectivity index (χ0v) is 12.3. The van der Waals surface area contributed by atoms with E-state index in [4.69, 9.17) is 9.47 Å². The van der Waals surface area contributed by atoms with E-state index in [0.29, 0.717) is 30.1 Å². The fourth-order valence-corrected chi connectivity index (χ4v) is 1.89. The van der Waals surface area contributed by atoms with Gasteiger partial charge in [0.2, 0.25) is 0 Å². The first-order chi connectivity index (χ1) is 9.04. The molecule has 0 saturated carbocycles. The van der Waals surface area contributed by atoms with Gasteiger partial charge in [-0.1, -0.05) is 20.8 Å². The van der Waals surface area contributed by atoms with Gasteiger partial charge < -0.3 is 9.47 Å². The van der Waals surface area contributed by atoms with Gasteiger partial charge >= 0.3 is 5.97 Å². The molecule has 19 heavy (non-hydrogen) atoms. The lowest BCUT2D eigenvalue weighted by atomic mass is 10.1. The Morgan fingerprint density at radius 1 is 1.37 bits per heavy atom. The summed E-state index contributed by atoms with van der Waals surface area (Å²) in [5, 5.41) is 0. The number of aromatic nitrogens is 2. The van der Waals surface area contributed by atoms with Crippen LogP contribution in [-0.4, -0.2) is 29.7 Å². The average Bonchev–Trinajstić information content (AvgIpc) is 2.39. The van der Waals surface area contributed by atoms with Gasteiger partial charge in [0.25, 0.3) is 0 Å². The lowest BCUT2D eigenvalue weighted by Crippen LogP contribution is -2.17. The maximum atomic E-state index is 11.8. The molecule has 1 aromatic rings. The van der Waals surface area contributed by atoms with Crippen LogP contribution in [0.1, 0.15) is 55.7 Å². The van der Waals surface area contributed by atoms with Crippen molar-refractivity contribution in [2.45, 2.75) is 40.2 Å². The topological polar surface area (TPSA) is 61.3 Å². The van der Waals surface area contributed by atoms with E-state index in [1.54, 1.807) is 14.0 Å². The number of hydrogen-bond donors (Lipinski definition) is 0. The van der Waals surface area contributed by atoms with Gasteiger partial charge in [-0.2, -0.15) is 0 Å². The van der Waals surface area contributed by atoms with Gasteiger partial charge in [-0.25, -0.2) is 14.8 Å². The highest BCUT2D eigenvalue weighted by Crippen LogP contribution is 2.22. The molecule has 0 aromatic carbocycles. The van der Waals surface area contributed by atoms with E-state index in [0.717, 1.165) is 0 Å². The number of esters is 1. The third kappa shape index (κ3) is 3.73. The second kappa shape index (κ2) is 7.19. The second-order valence-electron chi connectivity index (χ2n) is 4.56. The first kappa shape index (κ1) is 15.6. The molecule has 0 spiro atoms. The molecule has 0 aliphatic rings. The molecule has 1 aromatic heterocycles. The van der Waals surface area contributed by atoms with Crippen molar-refractivity contribution in [1.29, 1.82) is 0 Å². The van der Waals surface area contributed by atoms with Crippen molar-refractivity contribution < 1.29 is 14.3 Å². The predicted molar refractivity (Wildman–Crippen MR) is 72.0 cm³/mol. The van der Waals surface area contributed by atoms with Gasteiger partial charge in [-0.15, -0.1) is 0 Å². The van der Waals surface area contributed by atoms with E-state index in [1.807, 2.05) is 20.8 Å². The maximum Gasteiger partial charge on any atom is 0.341 e. The Labute approximate surface area is 114 Å². The molecule has 0 saturated heterocycles. The summed E-state index contributed by atoms with van der Waals surface area (Å²) in [7, 11) is 1.64. The lowest BCUT2D eigenvalue weighted by Gasteiger charge is -2.18. The summed E-state index contributed by atoms with van der Waals surface area (Å²) in [5.74, 6) is 0.509. The number of ether oxygens (including phenoxy) is 2. The van der Waals surface area contributed by atoms with Crippen molar-refractivity contribution in [2.24, 2.45) is 5.92 Å². The number of carbonyl (C=O) groups is 1. The fraction of sp³-hybridized carbons (Fsp3) is 0.643. The van der Waals surface area contributed by atoms with Crippen molar-refractivity contribution in [3.8, 4) is 0 Å². The summed E-state index contributed by atoms with van der Waals surface area (Å²) in [6, 6.07) is 0. The van der Waals surface area contributed by atoms with E-state index in [1.165, 1.54) is 6.20 Å². The molecule has 106 valence electrons. The Balaban J connectivity index is 3.11. The maximum absolute atomic E-state index is 11.8. The molecule has 0 fully saturated rings. The summed E-state index contributed by atoms with van der Waals surface area (Å²) in [4.78, 5) is 20.5. The van der Waals surface area contributed by atoms with Crippen molar-refractivity contribution >= 4 is 5.97 Å². The van der Waals surface area contributed by atoms with Crippen LogP contribution in [0.5, 0.6) is 0 Å². The summed E-state index contributed by atoms with van der Waals surface area (Å²) < 4.78 is 10.4.